The van der Waals surface area contributed by atoms with Gasteiger partial charge in [-0.25, -0.2) is 14.2 Å². The number of ether oxygens (including phenoxy) is 1. The zero-order valence-corrected chi connectivity index (χ0v) is 14.8. The van der Waals surface area contributed by atoms with Gasteiger partial charge in [0.1, 0.15) is 11.4 Å². The number of fused-ring (bicyclic) bond motifs is 1. The van der Waals surface area contributed by atoms with Crippen LogP contribution in [0.25, 0.3) is 11.0 Å². The van der Waals surface area contributed by atoms with Crippen molar-refractivity contribution >= 4 is 22.8 Å². The summed E-state index contributed by atoms with van der Waals surface area (Å²) in [7, 11) is 0. The Balaban J connectivity index is 1.89. The van der Waals surface area contributed by atoms with Crippen molar-refractivity contribution in [1.29, 1.82) is 0 Å². The van der Waals surface area contributed by atoms with Crippen LogP contribution in [0.4, 0.5) is 14.9 Å². The van der Waals surface area contributed by atoms with E-state index in [1.807, 2.05) is 20.8 Å². The van der Waals surface area contributed by atoms with Crippen molar-refractivity contribution in [2.24, 2.45) is 5.41 Å². The Morgan fingerprint density at radius 1 is 1.27 bits per heavy atom. The zero-order chi connectivity index (χ0) is 18.9. The fourth-order valence-corrected chi connectivity index (χ4v) is 2.63. The topological polar surface area (TPSA) is 78.5 Å². The number of hydrogen-bond donors (Lipinski definition) is 2. The van der Waals surface area contributed by atoms with E-state index in [9.17, 15) is 14.3 Å². The van der Waals surface area contributed by atoms with Gasteiger partial charge >= 0.3 is 6.09 Å². The number of carboxylic acid groups (broad SMARTS) is 1. The average molecular weight is 357 g/mol. The van der Waals surface area contributed by atoms with Crippen LogP contribution in [-0.2, 0) is 0 Å². The maximum Gasteiger partial charge on any atom is 0.411 e. The van der Waals surface area contributed by atoms with Crippen LogP contribution in [-0.4, -0.2) is 27.7 Å². The number of pyridine rings is 1. The molecule has 0 aliphatic carbocycles. The van der Waals surface area contributed by atoms with Crippen molar-refractivity contribution in [3.05, 3.63) is 48.5 Å². The molecule has 6 nitrogen and oxygen atoms in total. The van der Waals surface area contributed by atoms with Gasteiger partial charge in [-0.2, -0.15) is 0 Å². The number of halogens is 1. The number of hydrogen-bond acceptors (Lipinski definition) is 3. The third-order valence-electron chi connectivity index (χ3n) is 3.73. The maximum atomic E-state index is 14.6. The van der Waals surface area contributed by atoms with Crippen LogP contribution < -0.4 is 9.64 Å². The lowest BCUT2D eigenvalue weighted by molar-refractivity contribution is 0.198. The molecule has 2 N–H and O–H groups in total. The van der Waals surface area contributed by atoms with Gasteiger partial charge in [-0.1, -0.05) is 20.8 Å². The highest BCUT2D eigenvalue weighted by molar-refractivity contribution is 5.86. The molecule has 0 spiro atoms. The van der Waals surface area contributed by atoms with Gasteiger partial charge in [0.05, 0.1) is 11.1 Å². The van der Waals surface area contributed by atoms with Gasteiger partial charge in [-0.05, 0) is 29.7 Å². The number of anilines is 1. The van der Waals surface area contributed by atoms with E-state index < -0.39 is 11.9 Å². The second kappa shape index (κ2) is 6.67. The second-order valence-electron chi connectivity index (χ2n) is 7.20. The normalized spacial score (nSPS) is 11.5. The molecule has 1 amide bonds. The average Bonchev–Trinajstić information content (AvgIpc) is 3.03. The first-order valence-corrected chi connectivity index (χ1v) is 8.14. The van der Waals surface area contributed by atoms with E-state index in [1.165, 1.54) is 18.2 Å². The number of nitrogens with zero attached hydrogens (tertiary/aromatic N) is 2. The number of rotatable bonds is 4. The van der Waals surface area contributed by atoms with Crippen LogP contribution in [0.2, 0.25) is 0 Å². The lowest BCUT2D eigenvalue weighted by atomic mass is 9.96. The molecule has 26 heavy (non-hydrogen) atoms. The van der Waals surface area contributed by atoms with E-state index in [2.05, 4.69) is 9.97 Å². The van der Waals surface area contributed by atoms with E-state index in [1.54, 1.807) is 24.5 Å². The largest absolute Gasteiger partial charge is 0.465 e. The van der Waals surface area contributed by atoms with Crippen molar-refractivity contribution in [3.8, 4) is 11.5 Å². The number of amides is 1. The molecule has 0 aliphatic rings. The standard InChI is InChI=1S/C19H20FN3O3/c1-19(2,3)11-23(18(24)25)12-4-5-16(14(20)10-12)26-15-7-9-22-17-13(15)6-8-21-17/h4-10H,11H2,1-3H3,(H,21,22)(H,24,25). The van der Waals surface area contributed by atoms with E-state index in [-0.39, 0.29) is 23.4 Å². The van der Waals surface area contributed by atoms with Gasteiger partial charge in [0.2, 0.25) is 0 Å². The van der Waals surface area contributed by atoms with E-state index >= 15 is 0 Å². The highest BCUT2D eigenvalue weighted by Crippen LogP contribution is 2.32. The second-order valence-corrected chi connectivity index (χ2v) is 7.20. The minimum atomic E-state index is -1.13. The molecule has 1 aromatic carbocycles. The third kappa shape index (κ3) is 3.77. The lowest BCUT2D eigenvalue weighted by Crippen LogP contribution is -2.36. The minimum absolute atomic E-state index is 0.0172. The Bertz CT molecular complexity index is 947. The van der Waals surface area contributed by atoms with Gasteiger partial charge in [0, 0.05) is 25.0 Å². The monoisotopic (exact) mass is 357 g/mol. The number of H-pyrrole nitrogens is 1. The van der Waals surface area contributed by atoms with Crippen molar-refractivity contribution in [2.45, 2.75) is 20.8 Å². The molecular formula is C19H20FN3O3. The summed E-state index contributed by atoms with van der Waals surface area (Å²) in [6, 6.07) is 7.58. The first-order chi connectivity index (χ1) is 12.2. The molecule has 0 fully saturated rings. The number of aromatic amines is 1. The predicted molar refractivity (Wildman–Crippen MR) is 97.4 cm³/mol. The van der Waals surface area contributed by atoms with E-state index in [0.29, 0.717) is 11.4 Å². The molecular weight excluding hydrogens is 337 g/mol. The van der Waals surface area contributed by atoms with E-state index in [0.717, 1.165) is 10.3 Å². The predicted octanol–water partition coefficient (Wildman–Crippen LogP) is 5.02. The molecule has 136 valence electrons. The van der Waals surface area contributed by atoms with Gasteiger partial charge in [0.15, 0.2) is 11.6 Å². The molecule has 0 unspecified atom stereocenters. The summed E-state index contributed by atoms with van der Waals surface area (Å²) in [5.74, 6) is -0.153. The molecule has 3 rings (SSSR count). The fourth-order valence-electron chi connectivity index (χ4n) is 2.63. The van der Waals surface area contributed by atoms with Crippen LogP contribution in [0.3, 0.4) is 0 Å². The SMILES string of the molecule is CC(C)(C)CN(C(=O)O)c1ccc(Oc2ccnc3[nH]ccc23)c(F)c1. The van der Waals surface area contributed by atoms with Crippen LogP contribution >= 0.6 is 0 Å². The quantitative estimate of drug-likeness (QED) is 0.687. The molecule has 0 saturated carbocycles. The molecule has 0 atom stereocenters. The smallest absolute Gasteiger partial charge is 0.411 e. The minimum Gasteiger partial charge on any atom is -0.465 e. The summed E-state index contributed by atoms with van der Waals surface area (Å²) in [6.45, 7) is 6.00. The number of aromatic nitrogens is 2. The molecule has 0 saturated heterocycles. The fraction of sp³-hybridized carbons (Fsp3) is 0.263. The van der Waals surface area contributed by atoms with Gasteiger partial charge < -0.3 is 14.8 Å². The first-order valence-electron chi connectivity index (χ1n) is 8.14. The van der Waals surface area contributed by atoms with Crippen LogP contribution in [0.15, 0.2) is 42.7 Å². The molecule has 0 bridgehead atoms. The van der Waals surface area contributed by atoms with Crippen molar-refractivity contribution in [1.82, 2.24) is 9.97 Å². The maximum absolute atomic E-state index is 14.6. The Hall–Kier alpha value is -3.09. The number of nitrogens with one attached hydrogen (secondary N) is 1. The zero-order valence-electron chi connectivity index (χ0n) is 14.8. The summed E-state index contributed by atoms with van der Waals surface area (Å²) in [5, 5.41) is 10.2. The third-order valence-corrected chi connectivity index (χ3v) is 3.73. The van der Waals surface area contributed by atoms with Gasteiger partial charge in [-0.15, -0.1) is 0 Å². The summed E-state index contributed by atoms with van der Waals surface area (Å²) in [5.41, 5.74) is 0.640. The Labute approximate surface area is 150 Å². The summed E-state index contributed by atoms with van der Waals surface area (Å²) in [6.07, 6.45) is 2.16. The van der Waals surface area contributed by atoms with E-state index in [4.69, 9.17) is 4.74 Å². The van der Waals surface area contributed by atoms with Crippen molar-refractivity contribution in [3.63, 3.8) is 0 Å². The van der Waals surface area contributed by atoms with Gasteiger partial charge in [-0.3, -0.25) is 4.90 Å². The number of carbonyl (C=O) groups is 1. The Morgan fingerprint density at radius 2 is 2.04 bits per heavy atom. The first kappa shape index (κ1) is 17.7. The highest BCUT2D eigenvalue weighted by atomic mass is 19.1. The van der Waals surface area contributed by atoms with Crippen molar-refractivity contribution < 1.29 is 19.0 Å². The molecule has 3 aromatic rings. The van der Waals surface area contributed by atoms with Crippen LogP contribution in [0, 0.1) is 11.2 Å². The summed E-state index contributed by atoms with van der Waals surface area (Å²) < 4.78 is 20.2. The van der Waals surface area contributed by atoms with Gasteiger partial charge in [0.25, 0.3) is 0 Å². The number of benzene rings is 1. The Morgan fingerprint density at radius 3 is 2.69 bits per heavy atom. The van der Waals surface area contributed by atoms with Crippen LogP contribution in [0.1, 0.15) is 20.8 Å². The molecule has 0 radical (unpaired) electrons. The summed E-state index contributed by atoms with van der Waals surface area (Å²) in [4.78, 5) is 19.8. The lowest BCUT2D eigenvalue weighted by Gasteiger charge is -2.28. The Kier molecular flexibility index (Phi) is 4.54. The summed E-state index contributed by atoms with van der Waals surface area (Å²) >= 11 is 0. The van der Waals surface area contributed by atoms with Crippen LogP contribution in [0.5, 0.6) is 11.5 Å². The molecule has 2 aromatic heterocycles. The molecule has 7 heteroatoms. The van der Waals surface area contributed by atoms with Crippen molar-refractivity contribution in [2.75, 3.05) is 11.4 Å². The highest BCUT2D eigenvalue weighted by Gasteiger charge is 2.23. The molecule has 2 heterocycles. The molecule has 0 aliphatic heterocycles.